The normalized spacial score (nSPS) is 18.8. The average Bonchev–Trinajstić information content (AvgIpc) is 3.23. The number of carbonyl (C=O) groups excluding carboxylic acids is 1. The Labute approximate surface area is 146 Å². The fourth-order valence-electron chi connectivity index (χ4n) is 2.48. The number of nitrogens with zero attached hydrogens (tertiary/aromatic N) is 4. The molecule has 0 spiro atoms. The molecule has 0 radical (unpaired) electrons. The Morgan fingerprint density at radius 3 is 2.68 bits per heavy atom. The van der Waals surface area contributed by atoms with Crippen LogP contribution >= 0.6 is 0 Å². The fraction of sp³-hybridized carbons (Fsp3) is 0.647. The Morgan fingerprint density at radius 2 is 2.08 bits per heavy atom. The predicted octanol–water partition coefficient (Wildman–Crippen LogP) is 2.69. The Kier molecular flexibility index (Phi) is 4.64. The van der Waals surface area contributed by atoms with E-state index in [1.54, 1.807) is 11.0 Å². The van der Waals surface area contributed by atoms with Crippen molar-refractivity contribution in [1.29, 1.82) is 0 Å². The van der Waals surface area contributed by atoms with Gasteiger partial charge in [0.1, 0.15) is 5.76 Å². The molecule has 0 saturated carbocycles. The molecule has 1 aliphatic rings. The van der Waals surface area contributed by atoms with Gasteiger partial charge in [0.05, 0.1) is 13.2 Å². The third-order valence-corrected chi connectivity index (χ3v) is 4.05. The summed E-state index contributed by atoms with van der Waals surface area (Å²) in [5.41, 5.74) is 0.106. The molecule has 1 amide bonds. The van der Waals surface area contributed by atoms with Gasteiger partial charge in [-0.25, -0.2) is 0 Å². The maximum Gasteiger partial charge on any atom is 0.276 e. The standard InChI is InChI=1S/C17H24N4O4/c1-10(2)14-18-19-15(24-14)12-9-21(6-7-23-12)16(22)11-8-13(25-20-11)17(3,4)5/h8,10,12H,6-7,9H2,1-5H3. The smallest absolute Gasteiger partial charge is 0.276 e. The molecule has 1 aliphatic heterocycles. The van der Waals surface area contributed by atoms with Crippen molar-refractivity contribution in [3.8, 4) is 0 Å². The van der Waals surface area contributed by atoms with Gasteiger partial charge in [0.15, 0.2) is 11.8 Å². The first kappa shape index (κ1) is 17.6. The van der Waals surface area contributed by atoms with Crippen LogP contribution in [0, 0.1) is 0 Å². The zero-order valence-corrected chi connectivity index (χ0v) is 15.3. The number of morpholine rings is 1. The van der Waals surface area contributed by atoms with Crippen LogP contribution in [0.5, 0.6) is 0 Å². The zero-order valence-electron chi connectivity index (χ0n) is 15.3. The molecule has 2 aromatic heterocycles. The maximum atomic E-state index is 12.7. The van der Waals surface area contributed by atoms with Gasteiger partial charge in [-0.3, -0.25) is 4.79 Å². The zero-order chi connectivity index (χ0) is 18.2. The number of hydrogen-bond acceptors (Lipinski definition) is 7. The molecule has 1 fully saturated rings. The average molecular weight is 348 g/mol. The van der Waals surface area contributed by atoms with Gasteiger partial charge in [-0.1, -0.05) is 39.8 Å². The Balaban J connectivity index is 1.72. The SMILES string of the molecule is CC(C)c1nnc(C2CN(C(=O)c3cc(C(C)(C)C)on3)CCO2)o1. The lowest BCUT2D eigenvalue weighted by Gasteiger charge is -2.30. The molecule has 8 heteroatoms. The molecule has 1 unspecified atom stereocenters. The summed E-state index contributed by atoms with van der Waals surface area (Å²) in [6, 6.07) is 1.70. The van der Waals surface area contributed by atoms with Crippen LogP contribution < -0.4 is 0 Å². The Bertz CT molecular complexity index is 744. The monoisotopic (exact) mass is 348 g/mol. The van der Waals surface area contributed by atoms with E-state index in [9.17, 15) is 4.79 Å². The van der Waals surface area contributed by atoms with Gasteiger partial charge in [-0.2, -0.15) is 0 Å². The van der Waals surface area contributed by atoms with E-state index in [1.165, 1.54) is 0 Å². The van der Waals surface area contributed by atoms with Crippen LogP contribution in [0.15, 0.2) is 15.0 Å². The summed E-state index contributed by atoms with van der Waals surface area (Å²) < 4.78 is 16.7. The second-order valence-electron chi connectivity index (χ2n) is 7.57. The molecule has 25 heavy (non-hydrogen) atoms. The van der Waals surface area contributed by atoms with Gasteiger partial charge < -0.3 is 18.6 Å². The molecule has 1 saturated heterocycles. The molecule has 3 rings (SSSR count). The largest absolute Gasteiger partial charge is 0.422 e. The van der Waals surface area contributed by atoms with Gasteiger partial charge in [0.2, 0.25) is 11.8 Å². The number of aromatic nitrogens is 3. The Hall–Kier alpha value is -2.22. The van der Waals surface area contributed by atoms with Crippen molar-refractivity contribution in [2.75, 3.05) is 19.7 Å². The van der Waals surface area contributed by atoms with Crippen molar-refractivity contribution in [2.45, 2.75) is 52.1 Å². The van der Waals surface area contributed by atoms with E-state index >= 15 is 0 Å². The molecule has 1 atom stereocenters. The molecular formula is C17H24N4O4. The van der Waals surface area contributed by atoms with Crippen molar-refractivity contribution in [3.05, 3.63) is 29.3 Å². The molecule has 8 nitrogen and oxygen atoms in total. The minimum absolute atomic E-state index is 0.147. The summed E-state index contributed by atoms with van der Waals surface area (Å²) in [7, 11) is 0. The van der Waals surface area contributed by atoms with Crippen LogP contribution in [0.1, 0.15) is 74.7 Å². The summed E-state index contributed by atoms with van der Waals surface area (Å²) >= 11 is 0. The summed E-state index contributed by atoms with van der Waals surface area (Å²) in [6.45, 7) is 11.2. The van der Waals surface area contributed by atoms with E-state index in [1.807, 2.05) is 34.6 Å². The third-order valence-electron chi connectivity index (χ3n) is 4.05. The van der Waals surface area contributed by atoms with Crippen LogP contribution in [-0.4, -0.2) is 45.9 Å². The second kappa shape index (κ2) is 6.59. The van der Waals surface area contributed by atoms with Gasteiger partial charge in [-0.15, -0.1) is 10.2 Å². The molecule has 0 N–H and O–H groups in total. The number of hydrogen-bond donors (Lipinski definition) is 0. The van der Waals surface area contributed by atoms with Crippen molar-refractivity contribution >= 4 is 5.91 Å². The Morgan fingerprint density at radius 1 is 1.32 bits per heavy atom. The van der Waals surface area contributed by atoms with Crippen molar-refractivity contribution in [2.24, 2.45) is 0 Å². The summed E-state index contributed by atoms with van der Waals surface area (Å²) in [4.78, 5) is 14.4. The van der Waals surface area contributed by atoms with E-state index in [0.717, 1.165) is 0 Å². The predicted molar refractivity (Wildman–Crippen MR) is 88.2 cm³/mol. The fourth-order valence-corrected chi connectivity index (χ4v) is 2.48. The van der Waals surface area contributed by atoms with E-state index in [0.29, 0.717) is 42.9 Å². The second-order valence-corrected chi connectivity index (χ2v) is 7.57. The van der Waals surface area contributed by atoms with Crippen molar-refractivity contribution in [1.82, 2.24) is 20.3 Å². The molecule has 0 aliphatic carbocycles. The topological polar surface area (TPSA) is 94.5 Å². The van der Waals surface area contributed by atoms with Crippen LogP contribution in [0.3, 0.4) is 0 Å². The number of amides is 1. The summed E-state index contributed by atoms with van der Waals surface area (Å²) in [6.07, 6.45) is -0.424. The van der Waals surface area contributed by atoms with E-state index in [4.69, 9.17) is 13.7 Å². The van der Waals surface area contributed by atoms with E-state index < -0.39 is 6.10 Å². The van der Waals surface area contributed by atoms with Gasteiger partial charge in [-0.05, 0) is 0 Å². The van der Waals surface area contributed by atoms with Crippen LogP contribution in [0.4, 0.5) is 0 Å². The quantitative estimate of drug-likeness (QED) is 0.841. The highest BCUT2D eigenvalue weighted by molar-refractivity contribution is 5.92. The molecular weight excluding hydrogens is 324 g/mol. The van der Waals surface area contributed by atoms with E-state index in [2.05, 4.69) is 15.4 Å². The van der Waals surface area contributed by atoms with Crippen LogP contribution in [0.25, 0.3) is 0 Å². The van der Waals surface area contributed by atoms with E-state index in [-0.39, 0.29) is 17.2 Å². The van der Waals surface area contributed by atoms with Crippen LogP contribution in [-0.2, 0) is 10.2 Å². The minimum Gasteiger partial charge on any atom is -0.422 e. The first-order valence-electron chi connectivity index (χ1n) is 8.47. The number of ether oxygens (including phenoxy) is 1. The minimum atomic E-state index is -0.424. The highest BCUT2D eigenvalue weighted by Gasteiger charge is 2.32. The molecule has 3 heterocycles. The lowest BCUT2D eigenvalue weighted by atomic mass is 9.93. The van der Waals surface area contributed by atoms with Gasteiger partial charge >= 0.3 is 0 Å². The van der Waals surface area contributed by atoms with Crippen molar-refractivity contribution in [3.63, 3.8) is 0 Å². The lowest BCUT2D eigenvalue weighted by Crippen LogP contribution is -2.42. The molecule has 2 aromatic rings. The van der Waals surface area contributed by atoms with Gasteiger partial charge in [0, 0.05) is 23.9 Å². The first-order chi connectivity index (χ1) is 11.8. The summed E-state index contributed by atoms with van der Waals surface area (Å²) in [5.74, 6) is 1.61. The molecule has 0 aromatic carbocycles. The van der Waals surface area contributed by atoms with Gasteiger partial charge in [0.25, 0.3) is 5.91 Å². The first-order valence-corrected chi connectivity index (χ1v) is 8.47. The molecule has 136 valence electrons. The number of rotatable bonds is 3. The lowest BCUT2D eigenvalue weighted by molar-refractivity contribution is -0.0353. The van der Waals surface area contributed by atoms with Crippen molar-refractivity contribution < 1.29 is 18.5 Å². The highest BCUT2D eigenvalue weighted by Crippen LogP contribution is 2.26. The molecule has 0 bridgehead atoms. The highest BCUT2D eigenvalue weighted by atomic mass is 16.5. The number of carbonyl (C=O) groups is 1. The maximum absolute atomic E-state index is 12.7. The summed E-state index contributed by atoms with van der Waals surface area (Å²) in [5, 5.41) is 12.0. The third kappa shape index (κ3) is 3.73. The van der Waals surface area contributed by atoms with Crippen LogP contribution in [0.2, 0.25) is 0 Å².